The van der Waals surface area contributed by atoms with E-state index in [1.165, 1.54) is 11.1 Å². The van der Waals surface area contributed by atoms with Crippen molar-refractivity contribution in [1.29, 1.82) is 0 Å². The van der Waals surface area contributed by atoms with Gasteiger partial charge in [-0.05, 0) is 25.3 Å². The Balaban J connectivity index is 2.34. The van der Waals surface area contributed by atoms with Crippen molar-refractivity contribution in [2.75, 3.05) is 0 Å². The first-order valence-corrected chi connectivity index (χ1v) is 5.95. The molecule has 2 N–H and O–H groups in total. The van der Waals surface area contributed by atoms with Crippen molar-refractivity contribution in [2.45, 2.75) is 39.9 Å². The van der Waals surface area contributed by atoms with Gasteiger partial charge in [-0.1, -0.05) is 31.6 Å². The lowest BCUT2D eigenvalue weighted by molar-refractivity contribution is -0.127. The van der Waals surface area contributed by atoms with Crippen LogP contribution < -0.4 is 10.6 Å². The Morgan fingerprint density at radius 3 is 2.69 bits per heavy atom. The number of nitrogens with one attached hydrogen (secondary N) is 2. The molecule has 1 aliphatic heterocycles. The smallest absolute Gasteiger partial charge is 0.230 e. The van der Waals surface area contributed by atoms with Crippen molar-refractivity contribution in [3.63, 3.8) is 0 Å². The summed E-state index contributed by atoms with van der Waals surface area (Å²) in [6.45, 7) is 8.40. The molecule has 0 spiro atoms. The van der Waals surface area contributed by atoms with Gasteiger partial charge in [0, 0.05) is 6.04 Å². The molecule has 2 rings (SSSR count). The molecule has 0 aromatic carbocycles. The highest BCUT2D eigenvalue weighted by Gasteiger charge is 2.37. The van der Waals surface area contributed by atoms with Crippen LogP contribution in [0.2, 0.25) is 0 Å². The molecule has 0 bridgehead atoms. The Morgan fingerprint density at radius 1 is 1.38 bits per heavy atom. The molecule has 3 nitrogen and oxygen atoms in total. The first-order valence-electron chi connectivity index (χ1n) is 5.95. The van der Waals surface area contributed by atoms with Crippen LogP contribution in [0.1, 0.15) is 27.7 Å². The van der Waals surface area contributed by atoms with Gasteiger partial charge in [0.2, 0.25) is 5.91 Å². The summed E-state index contributed by atoms with van der Waals surface area (Å²) in [5.41, 5.74) is 2.53. The van der Waals surface area contributed by atoms with Crippen LogP contribution in [-0.2, 0) is 4.79 Å². The Labute approximate surface area is 97.0 Å². The molecule has 88 valence electrons. The average molecular weight is 220 g/mol. The topological polar surface area (TPSA) is 41.1 Å². The summed E-state index contributed by atoms with van der Waals surface area (Å²) in [5, 5.41) is 6.39. The lowest BCUT2D eigenvalue weighted by atomic mass is 9.79. The van der Waals surface area contributed by atoms with Crippen molar-refractivity contribution in [1.82, 2.24) is 10.6 Å². The van der Waals surface area contributed by atoms with Gasteiger partial charge in [-0.25, -0.2) is 0 Å². The van der Waals surface area contributed by atoms with Crippen molar-refractivity contribution >= 4 is 5.91 Å². The lowest BCUT2D eigenvalue weighted by Gasteiger charge is -2.39. The number of carbonyl (C=O) groups is 1. The predicted molar refractivity (Wildman–Crippen MR) is 64.7 cm³/mol. The average Bonchev–Trinajstić information content (AvgIpc) is 2.18. The van der Waals surface area contributed by atoms with E-state index >= 15 is 0 Å². The van der Waals surface area contributed by atoms with Crippen molar-refractivity contribution in [3.05, 3.63) is 23.3 Å². The molecule has 1 aliphatic carbocycles. The van der Waals surface area contributed by atoms with Gasteiger partial charge < -0.3 is 5.32 Å². The monoisotopic (exact) mass is 220 g/mol. The summed E-state index contributed by atoms with van der Waals surface area (Å²) in [7, 11) is 0. The largest absolute Gasteiger partial charge is 0.340 e. The van der Waals surface area contributed by atoms with E-state index in [1.54, 1.807) is 0 Å². The summed E-state index contributed by atoms with van der Waals surface area (Å²) in [5.74, 6) is 0.571. The second-order valence-electron chi connectivity index (χ2n) is 5.11. The van der Waals surface area contributed by atoms with E-state index in [-0.39, 0.29) is 24.0 Å². The van der Waals surface area contributed by atoms with Gasteiger partial charge in [0.05, 0.1) is 12.1 Å². The molecule has 1 saturated heterocycles. The third-order valence-corrected chi connectivity index (χ3v) is 3.31. The molecule has 0 aromatic heterocycles. The van der Waals surface area contributed by atoms with Gasteiger partial charge in [-0.15, -0.1) is 0 Å². The highest BCUT2D eigenvalue weighted by molar-refractivity contribution is 5.83. The fraction of sp³-hybridized carbons (Fsp3) is 0.615. The summed E-state index contributed by atoms with van der Waals surface area (Å²) >= 11 is 0. The highest BCUT2D eigenvalue weighted by atomic mass is 16.2. The zero-order valence-corrected chi connectivity index (χ0v) is 10.4. The summed E-state index contributed by atoms with van der Waals surface area (Å²) in [4.78, 5) is 11.9. The molecule has 0 aromatic rings. The van der Waals surface area contributed by atoms with E-state index < -0.39 is 0 Å². The fourth-order valence-corrected chi connectivity index (χ4v) is 2.56. The molecule has 3 atom stereocenters. The van der Waals surface area contributed by atoms with Crippen LogP contribution in [0.4, 0.5) is 0 Å². The zero-order chi connectivity index (χ0) is 11.9. The second kappa shape index (κ2) is 4.06. The van der Waals surface area contributed by atoms with E-state index in [1.807, 2.05) is 6.92 Å². The Bertz CT molecular complexity index is 368. The Kier molecular flexibility index (Phi) is 2.89. The number of hydrogen-bond acceptors (Lipinski definition) is 2. The molecule has 0 saturated carbocycles. The van der Waals surface area contributed by atoms with Crippen LogP contribution in [0.3, 0.4) is 0 Å². The van der Waals surface area contributed by atoms with Crippen molar-refractivity contribution in [3.8, 4) is 0 Å². The summed E-state index contributed by atoms with van der Waals surface area (Å²) in [6, 6.07) is 0.174. The number of carbonyl (C=O) groups excluding carboxylic acids is 1. The van der Waals surface area contributed by atoms with Crippen LogP contribution in [0.15, 0.2) is 23.3 Å². The molecular formula is C13H20N2O. The molecule has 1 fully saturated rings. The minimum atomic E-state index is -0.0430. The van der Waals surface area contributed by atoms with Crippen LogP contribution in [0, 0.1) is 11.8 Å². The lowest BCUT2D eigenvalue weighted by Crippen LogP contribution is -2.61. The number of amides is 1. The minimum Gasteiger partial charge on any atom is -0.340 e. The van der Waals surface area contributed by atoms with E-state index in [4.69, 9.17) is 0 Å². The van der Waals surface area contributed by atoms with Gasteiger partial charge in [-0.3, -0.25) is 10.1 Å². The number of fused-ring (bicyclic) bond motifs is 1. The van der Waals surface area contributed by atoms with Gasteiger partial charge in [-0.2, -0.15) is 0 Å². The van der Waals surface area contributed by atoms with Gasteiger partial charge in [0.25, 0.3) is 0 Å². The van der Waals surface area contributed by atoms with Crippen LogP contribution in [0.5, 0.6) is 0 Å². The maximum absolute atomic E-state index is 11.9. The fourth-order valence-electron chi connectivity index (χ4n) is 2.56. The van der Waals surface area contributed by atoms with E-state index in [9.17, 15) is 4.79 Å². The molecule has 3 heteroatoms. The van der Waals surface area contributed by atoms with E-state index in [0.29, 0.717) is 5.92 Å². The first kappa shape index (κ1) is 11.4. The summed E-state index contributed by atoms with van der Waals surface area (Å²) < 4.78 is 0. The molecule has 1 heterocycles. The maximum Gasteiger partial charge on any atom is 0.230 e. The standard InChI is InChI=1S/C13H20N2O/c1-7(2)10-5-8(3)6-11-12(10)14-9(4)15-13(11)16/h5-7,9,11-12,14H,1-4H3,(H,15,16). The molecule has 16 heavy (non-hydrogen) atoms. The predicted octanol–water partition coefficient (Wildman–Crippen LogP) is 1.58. The van der Waals surface area contributed by atoms with Crippen LogP contribution >= 0.6 is 0 Å². The van der Waals surface area contributed by atoms with Crippen LogP contribution in [-0.4, -0.2) is 18.1 Å². The normalized spacial score (nSPS) is 34.1. The molecular weight excluding hydrogens is 200 g/mol. The zero-order valence-electron chi connectivity index (χ0n) is 10.4. The minimum absolute atomic E-state index is 0.0430. The SMILES string of the molecule is CC1=CC2C(=O)NC(C)NC2C(C(C)C)=C1. The molecule has 2 aliphatic rings. The van der Waals surface area contributed by atoms with Crippen LogP contribution in [0.25, 0.3) is 0 Å². The molecule has 3 unspecified atom stereocenters. The summed E-state index contributed by atoms with van der Waals surface area (Å²) in [6.07, 6.45) is 4.33. The first-order chi connectivity index (χ1) is 7.49. The number of hydrogen-bond donors (Lipinski definition) is 2. The number of rotatable bonds is 1. The third kappa shape index (κ3) is 1.92. The van der Waals surface area contributed by atoms with E-state index in [2.05, 4.69) is 43.6 Å². The Morgan fingerprint density at radius 2 is 2.06 bits per heavy atom. The number of allylic oxidation sites excluding steroid dienone is 2. The third-order valence-electron chi connectivity index (χ3n) is 3.31. The van der Waals surface area contributed by atoms with E-state index in [0.717, 1.165) is 0 Å². The maximum atomic E-state index is 11.9. The molecule has 1 amide bonds. The Hall–Kier alpha value is -1.09. The second-order valence-corrected chi connectivity index (χ2v) is 5.11. The van der Waals surface area contributed by atoms with Crippen molar-refractivity contribution in [2.24, 2.45) is 11.8 Å². The van der Waals surface area contributed by atoms with Crippen molar-refractivity contribution < 1.29 is 4.79 Å². The van der Waals surface area contributed by atoms with Gasteiger partial charge >= 0.3 is 0 Å². The van der Waals surface area contributed by atoms with Gasteiger partial charge in [0.15, 0.2) is 0 Å². The quantitative estimate of drug-likeness (QED) is 0.704. The van der Waals surface area contributed by atoms with Gasteiger partial charge in [0.1, 0.15) is 0 Å². The highest BCUT2D eigenvalue weighted by Crippen LogP contribution is 2.30. The molecule has 0 radical (unpaired) electrons.